The van der Waals surface area contributed by atoms with Crippen molar-refractivity contribution in [3.05, 3.63) is 11.4 Å². The average Bonchev–Trinajstić information content (AvgIpc) is 2.84. The fraction of sp³-hybridized carbons (Fsp3) is 0.733. The zero-order chi connectivity index (χ0) is 16.7. The molecule has 0 saturated carbocycles. The van der Waals surface area contributed by atoms with E-state index in [1.165, 1.54) is 0 Å². The summed E-state index contributed by atoms with van der Waals surface area (Å²) in [6, 6.07) is 0. The van der Waals surface area contributed by atoms with Crippen molar-refractivity contribution in [2.24, 2.45) is 7.05 Å². The number of carbonyl (C=O) groups excluding carboxylic acids is 1. The third-order valence-corrected chi connectivity index (χ3v) is 4.50. The van der Waals surface area contributed by atoms with Crippen molar-refractivity contribution in [2.45, 2.75) is 59.2 Å². The maximum atomic E-state index is 12.2. The van der Waals surface area contributed by atoms with Gasteiger partial charge < -0.3 is 14.0 Å². The second-order valence-corrected chi connectivity index (χ2v) is 6.49. The molecule has 0 atom stereocenters. The van der Waals surface area contributed by atoms with E-state index in [1.54, 1.807) is 11.6 Å². The number of rotatable bonds is 4. The van der Waals surface area contributed by atoms with Gasteiger partial charge in [-0.25, -0.2) is 4.79 Å². The van der Waals surface area contributed by atoms with E-state index in [0.717, 1.165) is 12.1 Å². The molecule has 1 aromatic rings. The van der Waals surface area contributed by atoms with Gasteiger partial charge in [0.25, 0.3) is 0 Å². The van der Waals surface area contributed by atoms with E-state index in [4.69, 9.17) is 14.0 Å². The van der Waals surface area contributed by atoms with E-state index >= 15 is 0 Å². The van der Waals surface area contributed by atoms with Crippen LogP contribution in [0, 0.1) is 0 Å². The van der Waals surface area contributed by atoms with E-state index in [0.29, 0.717) is 12.1 Å². The number of ether oxygens (including phenoxy) is 1. The average molecular weight is 308 g/mol. The van der Waals surface area contributed by atoms with Gasteiger partial charge in [-0.15, -0.1) is 0 Å². The molecule has 2 heterocycles. The maximum Gasteiger partial charge on any atom is 0.499 e. The molecule has 0 aromatic carbocycles. The Morgan fingerprint density at radius 3 is 2.23 bits per heavy atom. The van der Waals surface area contributed by atoms with E-state index in [2.05, 4.69) is 5.10 Å². The molecule has 2 rings (SSSR count). The van der Waals surface area contributed by atoms with Gasteiger partial charge in [-0.05, 0) is 41.0 Å². The second kappa shape index (κ2) is 5.70. The molecule has 0 aliphatic carbocycles. The smallest absolute Gasteiger partial charge is 0.461 e. The highest BCUT2D eigenvalue weighted by molar-refractivity contribution is 6.64. The van der Waals surface area contributed by atoms with Crippen LogP contribution in [0.5, 0.6) is 0 Å². The molecular formula is C15H25BN2O4. The Morgan fingerprint density at radius 1 is 1.23 bits per heavy atom. The Kier molecular flexibility index (Phi) is 4.41. The molecule has 122 valence electrons. The highest BCUT2D eigenvalue weighted by atomic mass is 16.7. The lowest BCUT2D eigenvalue weighted by Gasteiger charge is -2.32. The van der Waals surface area contributed by atoms with Crippen molar-refractivity contribution in [2.75, 3.05) is 6.61 Å². The van der Waals surface area contributed by atoms with Gasteiger partial charge in [-0.1, -0.05) is 6.92 Å². The summed E-state index contributed by atoms with van der Waals surface area (Å²) in [6.45, 7) is 12.0. The van der Waals surface area contributed by atoms with Crippen molar-refractivity contribution < 1.29 is 18.8 Å². The summed E-state index contributed by atoms with van der Waals surface area (Å²) in [5.74, 6) is -0.442. The van der Waals surface area contributed by atoms with E-state index < -0.39 is 24.3 Å². The molecule has 1 aromatic heterocycles. The molecule has 0 spiro atoms. The van der Waals surface area contributed by atoms with Crippen molar-refractivity contribution in [1.29, 1.82) is 0 Å². The van der Waals surface area contributed by atoms with Crippen LogP contribution in [0.4, 0.5) is 0 Å². The summed E-state index contributed by atoms with van der Waals surface area (Å²) >= 11 is 0. The molecule has 7 heteroatoms. The van der Waals surface area contributed by atoms with Gasteiger partial charge in [0.05, 0.1) is 17.8 Å². The van der Waals surface area contributed by atoms with E-state index in [9.17, 15) is 4.79 Å². The molecule has 0 radical (unpaired) electrons. The Hall–Kier alpha value is -1.34. The summed E-state index contributed by atoms with van der Waals surface area (Å²) in [6.07, 6.45) is 0.725. The minimum absolute atomic E-state index is 0.278. The predicted molar refractivity (Wildman–Crippen MR) is 84.3 cm³/mol. The maximum absolute atomic E-state index is 12.2. The third-order valence-electron chi connectivity index (χ3n) is 4.50. The van der Waals surface area contributed by atoms with Crippen LogP contribution < -0.4 is 5.46 Å². The molecule has 0 N–H and O–H groups in total. The van der Waals surface area contributed by atoms with Crippen LogP contribution in [-0.2, 0) is 27.5 Å². The Balaban J connectivity index is 2.48. The van der Waals surface area contributed by atoms with Gasteiger partial charge in [0, 0.05) is 18.2 Å². The van der Waals surface area contributed by atoms with Crippen LogP contribution in [0.15, 0.2) is 0 Å². The van der Waals surface area contributed by atoms with Crippen LogP contribution in [0.2, 0.25) is 0 Å². The summed E-state index contributed by atoms with van der Waals surface area (Å²) in [5, 5.41) is 4.32. The number of esters is 1. The minimum atomic E-state index is -0.618. The van der Waals surface area contributed by atoms with E-state index in [1.807, 2.05) is 41.7 Å². The van der Waals surface area contributed by atoms with Gasteiger partial charge in [0.1, 0.15) is 0 Å². The summed E-state index contributed by atoms with van der Waals surface area (Å²) < 4.78 is 19.0. The van der Waals surface area contributed by atoms with Gasteiger partial charge in [-0.2, -0.15) is 5.10 Å². The zero-order valence-electron chi connectivity index (χ0n) is 14.5. The van der Waals surface area contributed by atoms with Crippen LogP contribution >= 0.6 is 0 Å². The first-order chi connectivity index (χ1) is 10.1. The Bertz CT molecular complexity index is 564. The van der Waals surface area contributed by atoms with Gasteiger partial charge >= 0.3 is 13.1 Å². The fourth-order valence-electron chi connectivity index (χ4n) is 2.55. The van der Waals surface area contributed by atoms with Crippen molar-refractivity contribution in [3.63, 3.8) is 0 Å². The third kappa shape index (κ3) is 2.67. The first-order valence-electron chi connectivity index (χ1n) is 7.73. The van der Waals surface area contributed by atoms with Crippen LogP contribution in [0.25, 0.3) is 0 Å². The van der Waals surface area contributed by atoms with Crippen molar-refractivity contribution >= 4 is 18.6 Å². The standard InChI is InChI=1S/C15H25BN2O4/c1-8-10-11(12(17-18(10)7)13(19)20-9-2)16-21-14(3,4)15(5,6)22-16/h8-9H2,1-7H3. The molecule has 1 saturated heterocycles. The number of hydrogen-bond acceptors (Lipinski definition) is 5. The summed E-state index contributed by atoms with van der Waals surface area (Å²) in [7, 11) is 1.20. The van der Waals surface area contributed by atoms with Crippen LogP contribution in [0.3, 0.4) is 0 Å². The van der Waals surface area contributed by atoms with Gasteiger partial charge in [0.2, 0.25) is 0 Å². The number of nitrogens with zero attached hydrogens (tertiary/aromatic N) is 2. The molecule has 0 unspecified atom stereocenters. The van der Waals surface area contributed by atoms with Gasteiger partial charge in [0.15, 0.2) is 5.69 Å². The highest BCUT2D eigenvalue weighted by Gasteiger charge is 2.54. The lowest BCUT2D eigenvalue weighted by atomic mass is 9.76. The molecule has 1 fully saturated rings. The highest BCUT2D eigenvalue weighted by Crippen LogP contribution is 2.37. The minimum Gasteiger partial charge on any atom is -0.461 e. The van der Waals surface area contributed by atoms with Crippen LogP contribution in [0.1, 0.15) is 57.7 Å². The summed E-state index contributed by atoms with van der Waals surface area (Å²) in [5.41, 5.74) is 0.942. The number of carbonyl (C=O) groups is 1. The van der Waals surface area contributed by atoms with Crippen molar-refractivity contribution in [3.8, 4) is 0 Å². The first-order valence-corrected chi connectivity index (χ1v) is 7.73. The zero-order valence-corrected chi connectivity index (χ0v) is 14.5. The fourth-order valence-corrected chi connectivity index (χ4v) is 2.55. The van der Waals surface area contributed by atoms with Crippen molar-refractivity contribution in [1.82, 2.24) is 9.78 Å². The predicted octanol–water partition coefficient (Wildman–Crippen LogP) is 1.46. The Morgan fingerprint density at radius 2 is 1.77 bits per heavy atom. The first kappa shape index (κ1) is 17.0. The van der Waals surface area contributed by atoms with E-state index in [-0.39, 0.29) is 5.69 Å². The normalized spacial score (nSPS) is 19.5. The molecule has 1 aliphatic heterocycles. The second-order valence-electron chi connectivity index (χ2n) is 6.49. The SMILES string of the molecule is CCOC(=O)c1nn(C)c(CC)c1B1OC(C)(C)C(C)(C)O1. The molecule has 0 bridgehead atoms. The summed E-state index contributed by atoms with van der Waals surface area (Å²) in [4.78, 5) is 12.2. The molecule has 6 nitrogen and oxygen atoms in total. The molecule has 1 aliphatic rings. The molecule has 22 heavy (non-hydrogen) atoms. The number of hydrogen-bond donors (Lipinski definition) is 0. The topological polar surface area (TPSA) is 62.6 Å². The monoisotopic (exact) mass is 308 g/mol. The number of aromatic nitrogens is 2. The lowest BCUT2D eigenvalue weighted by molar-refractivity contribution is 0.00578. The molecule has 0 amide bonds. The molecular weight excluding hydrogens is 283 g/mol. The quantitative estimate of drug-likeness (QED) is 0.622. The Labute approximate surface area is 132 Å². The van der Waals surface area contributed by atoms with Crippen LogP contribution in [-0.4, -0.2) is 40.7 Å². The van der Waals surface area contributed by atoms with Gasteiger partial charge in [-0.3, -0.25) is 4.68 Å². The largest absolute Gasteiger partial charge is 0.499 e. The lowest BCUT2D eigenvalue weighted by Crippen LogP contribution is -2.41. The number of aryl methyl sites for hydroxylation is 1.